The minimum absolute atomic E-state index is 0.108. The molecule has 0 spiro atoms. The summed E-state index contributed by atoms with van der Waals surface area (Å²) in [6.45, 7) is 1.82. The molecule has 3 aromatic rings. The zero-order chi connectivity index (χ0) is 18.9. The van der Waals surface area contributed by atoms with E-state index in [-0.39, 0.29) is 10.6 Å². The maximum Gasteiger partial charge on any atom is 0.416 e. The van der Waals surface area contributed by atoms with Crippen LogP contribution in [0.3, 0.4) is 0 Å². The lowest BCUT2D eigenvalue weighted by Gasteiger charge is -2.08. The van der Waals surface area contributed by atoms with Crippen molar-refractivity contribution in [3.8, 4) is 5.69 Å². The van der Waals surface area contributed by atoms with Crippen molar-refractivity contribution in [2.75, 3.05) is 4.72 Å². The Kier molecular flexibility index (Phi) is 4.49. The second-order valence-corrected chi connectivity index (χ2v) is 7.33. The molecule has 9 heteroatoms. The van der Waals surface area contributed by atoms with E-state index in [1.165, 1.54) is 12.1 Å². The maximum absolute atomic E-state index is 12.8. The van der Waals surface area contributed by atoms with Gasteiger partial charge < -0.3 is 0 Å². The Balaban J connectivity index is 1.90. The van der Waals surface area contributed by atoms with Crippen LogP contribution in [0, 0.1) is 6.92 Å². The lowest BCUT2D eigenvalue weighted by Crippen LogP contribution is -2.12. The molecule has 3 rings (SSSR count). The van der Waals surface area contributed by atoms with Crippen LogP contribution in [0.25, 0.3) is 5.69 Å². The van der Waals surface area contributed by atoms with Gasteiger partial charge in [0.05, 0.1) is 23.6 Å². The highest BCUT2D eigenvalue weighted by atomic mass is 32.2. The summed E-state index contributed by atoms with van der Waals surface area (Å²) in [7, 11) is -3.91. The number of rotatable bonds is 4. The standard InChI is InChI=1S/C17H14F3N3O2S/c1-12-4-2-6-14(8-12)22-26(24,25)16-10-21-23(11-16)15-7-3-5-13(9-15)17(18,19)20/h2-11,22H,1H3. The van der Waals surface area contributed by atoms with E-state index >= 15 is 0 Å². The summed E-state index contributed by atoms with van der Waals surface area (Å²) in [6, 6.07) is 11.3. The summed E-state index contributed by atoms with van der Waals surface area (Å²) in [5, 5.41) is 3.87. The zero-order valence-electron chi connectivity index (χ0n) is 13.5. The number of hydrogen-bond acceptors (Lipinski definition) is 3. The monoisotopic (exact) mass is 381 g/mol. The molecule has 1 aromatic heterocycles. The quantitative estimate of drug-likeness (QED) is 0.743. The predicted molar refractivity (Wildman–Crippen MR) is 90.6 cm³/mol. The van der Waals surface area contributed by atoms with Crippen molar-refractivity contribution in [3.05, 3.63) is 72.1 Å². The van der Waals surface area contributed by atoms with E-state index in [0.29, 0.717) is 5.69 Å². The highest BCUT2D eigenvalue weighted by molar-refractivity contribution is 7.92. The molecule has 0 saturated carbocycles. The van der Waals surface area contributed by atoms with Crippen molar-refractivity contribution in [2.24, 2.45) is 0 Å². The second-order valence-electron chi connectivity index (χ2n) is 5.64. The average Bonchev–Trinajstić information content (AvgIpc) is 3.05. The van der Waals surface area contributed by atoms with Gasteiger partial charge in [0.25, 0.3) is 10.0 Å². The van der Waals surface area contributed by atoms with Crippen LogP contribution >= 0.6 is 0 Å². The molecule has 26 heavy (non-hydrogen) atoms. The van der Waals surface area contributed by atoms with Crippen LogP contribution in [0.5, 0.6) is 0 Å². The first-order valence-corrected chi connectivity index (χ1v) is 8.95. The molecule has 0 amide bonds. The van der Waals surface area contributed by atoms with Gasteiger partial charge in [0.15, 0.2) is 0 Å². The van der Waals surface area contributed by atoms with Gasteiger partial charge in [-0.15, -0.1) is 0 Å². The number of anilines is 1. The van der Waals surface area contributed by atoms with Gasteiger partial charge in [-0.2, -0.15) is 18.3 Å². The van der Waals surface area contributed by atoms with Gasteiger partial charge >= 0.3 is 6.18 Å². The Morgan fingerprint density at radius 2 is 1.81 bits per heavy atom. The molecule has 0 saturated heterocycles. The van der Waals surface area contributed by atoms with Gasteiger partial charge in [0.2, 0.25) is 0 Å². The first kappa shape index (κ1) is 18.0. The molecule has 1 heterocycles. The number of aryl methyl sites for hydroxylation is 1. The summed E-state index contributed by atoms with van der Waals surface area (Å²) in [5.74, 6) is 0. The van der Waals surface area contributed by atoms with Crippen LogP contribution < -0.4 is 4.72 Å². The Labute approximate surface area is 148 Å². The van der Waals surface area contributed by atoms with Gasteiger partial charge in [-0.1, -0.05) is 18.2 Å². The average molecular weight is 381 g/mol. The molecule has 5 nitrogen and oxygen atoms in total. The number of hydrogen-bond donors (Lipinski definition) is 1. The minimum Gasteiger partial charge on any atom is -0.280 e. The third kappa shape index (κ3) is 3.88. The van der Waals surface area contributed by atoms with E-state index in [2.05, 4.69) is 9.82 Å². The van der Waals surface area contributed by atoms with Crippen molar-refractivity contribution in [1.82, 2.24) is 9.78 Å². The number of alkyl halides is 3. The molecule has 136 valence electrons. The first-order valence-electron chi connectivity index (χ1n) is 7.47. The largest absolute Gasteiger partial charge is 0.416 e. The molecule has 0 aliphatic carbocycles. The number of nitrogens with zero attached hydrogens (tertiary/aromatic N) is 2. The first-order chi connectivity index (χ1) is 12.1. The summed E-state index contributed by atoms with van der Waals surface area (Å²) in [4.78, 5) is -0.156. The van der Waals surface area contributed by atoms with Crippen LogP contribution in [-0.2, 0) is 16.2 Å². The fourth-order valence-corrected chi connectivity index (χ4v) is 3.31. The number of nitrogens with one attached hydrogen (secondary N) is 1. The molecule has 0 unspecified atom stereocenters. The van der Waals surface area contributed by atoms with E-state index in [1.54, 1.807) is 18.2 Å². The number of benzene rings is 2. The topological polar surface area (TPSA) is 64.0 Å². The lowest BCUT2D eigenvalue weighted by atomic mass is 10.2. The van der Waals surface area contributed by atoms with E-state index in [9.17, 15) is 21.6 Å². The molecule has 0 bridgehead atoms. The third-order valence-corrected chi connectivity index (χ3v) is 4.91. The van der Waals surface area contributed by atoms with Crippen LogP contribution in [-0.4, -0.2) is 18.2 Å². The second kappa shape index (κ2) is 6.49. The van der Waals surface area contributed by atoms with Crippen molar-refractivity contribution in [3.63, 3.8) is 0 Å². The summed E-state index contributed by atoms with van der Waals surface area (Å²) >= 11 is 0. The van der Waals surface area contributed by atoms with Crippen LogP contribution in [0.4, 0.5) is 18.9 Å². The molecule has 0 radical (unpaired) electrons. The van der Waals surface area contributed by atoms with Gasteiger partial charge in [-0.05, 0) is 42.8 Å². The zero-order valence-corrected chi connectivity index (χ0v) is 14.3. The van der Waals surface area contributed by atoms with Crippen molar-refractivity contribution in [1.29, 1.82) is 0 Å². The molecule has 2 aromatic carbocycles. The molecular weight excluding hydrogens is 367 g/mol. The molecule has 0 fully saturated rings. The minimum atomic E-state index is -4.50. The number of halogens is 3. The Morgan fingerprint density at radius 1 is 1.08 bits per heavy atom. The van der Waals surface area contributed by atoms with Crippen molar-refractivity contribution >= 4 is 15.7 Å². The maximum atomic E-state index is 12.8. The fraction of sp³-hybridized carbons (Fsp3) is 0.118. The Bertz CT molecular complexity index is 1040. The smallest absolute Gasteiger partial charge is 0.280 e. The van der Waals surface area contributed by atoms with Gasteiger partial charge in [-0.3, -0.25) is 4.72 Å². The highest BCUT2D eigenvalue weighted by Gasteiger charge is 2.30. The van der Waals surface area contributed by atoms with Gasteiger partial charge in [-0.25, -0.2) is 13.1 Å². The van der Waals surface area contributed by atoms with Gasteiger partial charge in [0.1, 0.15) is 4.90 Å². The molecule has 0 atom stereocenters. The SMILES string of the molecule is Cc1cccc(NS(=O)(=O)c2cnn(-c3cccc(C(F)(F)F)c3)c2)c1. The van der Waals surface area contributed by atoms with Crippen molar-refractivity contribution in [2.45, 2.75) is 18.0 Å². The van der Waals surface area contributed by atoms with E-state index in [4.69, 9.17) is 0 Å². The van der Waals surface area contributed by atoms with Crippen LogP contribution in [0.2, 0.25) is 0 Å². The molecule has 0 aliphatic rings. The number of sulfonamides is 1. The fourth-order valence-electron chi connectivity index (χ4n) is 2.33. The number of aromatic nitrogens is 2. The lowest BCUT2D eigenvalue weighted by molar-refractivity contribution is -0.137. The molecular formula is C17H14F3N3O2S. The Morgan fingerprint density at radius 3 is 2.50 bits per heavy atom. The van der Waals surface area contributed by atoms with Crippen molar-refractivity contribution < 1.29 is 21.6 Å². The van der Waals surface area contributed by atoms with Crippen LogP contribution in [0.15, 0.2) is 65.8 Å². The highest BCUT2D eigenvalue weighted by Crippen LogP contribution is 2.30. The summed E-state index contributed by atoms with van der Waals surface area (Å²) < 4.78 is 66.8. The van der Waals surface area contributed by atoms with Crippen LogP contribution in [0.1, 0.15) is 11.1 Å². The summed E-state index contributed by atoms with van der Waals surface area (Å²) in [6.07, 6.45) is -2.25. The molecule has 1 N–H and O–H groups in total. The predicted octanol–water partition coefficient (Wildman–Crippen LogP) is 4.00. The summed E-state index contributed by atoms with van der Waals surface area (Å²) in [5.41, 5.74) is 0.534. The third-order valence-electron chi connectivity index (χ3n) is 3.58. The van der Waals surface area contributed by atoms with E-state index in [1.807, 2.05) is 13.0 Å². The normalized spacial score (nSPS) is 12.2. The Hall–Kier alpha value is -2.81. The van der Waals surface area contributed by atoms with Gasteiger partial charge in [0, 0.05) is 5.69 Å². The van der Waals surface area contributed by atoms with E-state index < -0.39 is 21.8 Å². The van der Waals surface area contributed by atoms with E-state index in [0.717, 1.165) is 34.8 Å². The molecule has 0 aliphatic heterocycles.